The Labute approximate surface area is 185 Å². The molecular weight excluding hydrogens is 457 g/mol. The van der Waals surface area contributed by atoms with E-state index in [-0.39, 0.29) is 22.9 Å². The van der Waals surface area contributed by atoms with Gasteiger partial charge in [-0.1, -0.05) is 40.9 Å². The van der Waals surface area contributed by atoms with E-state index in [1.54, 1.807) is 12.1 Å². The lowest BCUT2D eigenvalue weighted by Gasteiger charge is -2.35. The van der Waals surface area contributed by atoms with E-state index in [9.17, 15) is 13.2 Å². The summed E-state index contributed by atoms with van der Waals surface area (Å²) in [6, 6.07) is 12.0. The van der Waals surface area contributed by atoms with E-state index in [2.05, 4.69) is 10.2 Å². The monoisotopic (exact) mass is 475 g/mol. The van der Waals surface area contributed by atoms with Crippen LogP contribution in [0.3, 0.4) is 0 Å². The molecule has 1 aliphatic heterocycles. The fourth-order valence-electron chi connectivity index (χ4n) is 3.09. The molecule has 1 saturated heterocycles. The van der Waals surface area contributed by atoms with Crippen LogP contribution < -0.4 is 10.2 Å². The number of sulfonamides is 1. The predicted molar refractivity (Wildman–Crippen MR) is 118 cm³/mol. The Bertz CT molecular complexity index is 993. The van der Waals surface area contributed by atoms with E-state index in [0.29, 0.717) is 36.2 Å². The molecule has 0 atom stereocenters. The van der Waals surface area contributed by atoms with Crippen LogP contribution in [0.25, 0.3) is 0 Å². The largest absolute Gasteiger partial charge is 0.369 e. The molecule has 2 aromatic carbocycles. The molecule has 1 amide bonds. The lowest BCUT2D eigenvalue weighted by molar-refractivity contribution is 0.0956. The molecule has 3 rings (SSSR count). The number of nitrogens with one attached hydrogen (secondary N) is 1. The zero-order valence-corrected chi connectivity index (χ0v) is 18.5. The standard InChI is InChI=1S/C19H20Cl3N3O3S/c20-14-2-1-3-16(12-14)24-7-9-25(10-8-24)29(27,28)11-6-23-19(26)17-5-4-15(21)13-18(17)22/h1-5,12-13H,6-11H2,(H,23,26). The molecule has 0 aliphatic carbocycles. The van der Waals surface area contributed by atoms with Crippen molar-refractivity contribution in [1.82, 2.24) is 9.62 Å². The van der Waals surface area contributed by atoms with Crippen LogP contribution in [0.5, 0.6) is 0 Å². The van der Waals surface area contributed by atoms with E-state index < -0.39 is 15.9 Å². The lowest BCUT2D eigenvalue weighted by Crippen LogP contribution is -2.50. The molecule has 0 saturated carbocycles. The molecule has 0 spiro atoms. The van der Waals surface area contributed by atoms with Crippen LogP contribution >= 0.6 is 34.8 Å². The number of rotatable bonds is 6. The summed E-state index contributed by atoms with van der Waals surface area (Å²) in [5, 5.41) is 3.89. The molecule has 156 valence electrons. The molecule has 6 nitrogen and oxygen atoms in total. The molecule has 0 unspecified atom stereocenters. The highest BCUT2D eigenvalue weighted by atomic mass is 35.5. The first-order chi connectivity index (χ1) is 13.8. The van der Waals surface area contributed by atoms with Gasteiger partial charge in [-0.05, 0) is 36.4 Å². The second-order valence-corrected chi connectivity index (χ2v) is 9.93. The van der Waals surface area contributed by atoms with Gasteiger partial charge in [0.25, 0.3) is 5.91 Å². The molecule has 0 aromatic heterocycles. The van der Waals surface area contributed by atoms with Gasteiger partial charge in [0.2, 0.25) is 10.0 Å². The van der Waals surface area contributed by atoms with Gasteiger partial charge in [0.05, 0.1) is 16.3 Å². The quantitative estimate of drug-likeness (QED) is 0.692. The maximum Gasteiger partial charge on any atom is 0.252 e. The van der Waals surface area contributed by atoms with Gasteiger partial charge in [-0.3, -0.25) is 4.79 Å². The van der Waals surface area contributed by atoms with E-state index >= 15 is 0 Å². The summed E-state index contributed by atoms with van der Waals surface area (Å²) in [7, 11) is -3.48. The summed E-state index contributed by atoms with van der Waals surface area (Å²) in [6.07, 6.45) is 0. The van der Waals surface area contributed by atoms with Crippen LogP contribution in [0.2, 0.25) is 15.1 Å². The van der Waals surface area contributed by atoms with E-state index in [0.717, 1.165) is 5.69 Å². The van der Waals surface area contributed by atoms with Gasteiger partial charge >= 0.3 is 0 Å². The van der Waals surface area contributed by atoms with Gasteiger partial charge in [-0.25, -0.2) is 8.42 Å². The van der Waals surface area contributed by atoms with Gasteiger partial charge in [-0.2, -0.15) is 4.31 Å². The number of carbonyl (C=O) groups excluding carboxylic acids is 1. The van der Waals surface area contributed by atoms with Crippen molar-refractivity contribution >= 4 is 56.4 Å². The molecule has 0 bridgehead atoms. The summed E-state index contributed by atoms with van der Waals surface area (Å²) in [5.74, 6) is -0.617. The number of amides is 1. The molecule has 1 N–H and O–H groups in total. The first-order valence-corrected chi connectivity index (χ1v) is 11.7. The molecule has 1 heterocycles. The van der Waals surface area contributed by atoms with Crippen molar-refractivity contribution in [3.8, 4) is 0 Å². The number of hydrogen-bond acceptors (Lipinski definition) is 4. The third kappa shape index (κ3) is 5.77. The SMILES string of the molecule is O=C(NCCS(=O)(=O)N1CCN(c2cccc(Cl)c2)CC1)c1ccc(Cl)cc1Cl. The van der Waals surface area contributed by atoms with Crippen molar-refractivity contribution in [2.24, 2.45) is 0 Å². The molecule has 1 aliphatic rings. The van der Waals surface area contributed by atoms with Gasteiger partial charge < -0.3 is 10.2 Å². The smallest absolute Gasteiger partial charge is 0.252 e. The molecular formula is C19H20Cl3N3O3S. The molecule has 0 radical (unpaired) electrons. The summed E-state index contributed by atoms with van der Waals surface area (Å²) < 4.78 is 26.7. The number of anilines is 1. The number of carbonyl (C=O) groups is 1. The highest BCUT2D eigenvalue weighted by molar-refractivity contribution is 7.89. The number of benzene rings is 2. The lowest BCUT2D eigenvalue weighted by atomic mass is 10.2. The van der Waals surface area contributed by atoms with E-state index in [1.807, 2.05) is 18.2 Å². The van der Waals surface area contributed by atoms with Crippen LogP contribution in [-0.2, 0) is 10.0 Å². The van der Waals surface area contributed by atoms with Gasteiger partial charge in [0, 0.05) is 48.5 Å². The Kier molecular flexibility index (Phi) is 7.29. The van der Waals surface area contributed by atoms with Crippen molar-refractivity contribution in [3.63, 3.8) is 0 Å². The van der Waals surface area contributed by atoms with Crippen molar-refractivity contribution in [2.45, 2.75) is 0 Å². The molecule has 2 aromatic rings. The van der Waals surface area contributed by atoms with Crippen molar-refractivity contribution in [1.29, 1.82) is 0 Å². The third-order valence-corrected chi connectivity index (χ3v) is 7.28. The summed E-state index contributed by atoms with van der Waals surface area (Å²) >= 11 is 17.8. The van der Waals surface area contributed by atoms with Crippen LogP contribution in [0.15, 0.2) is 42.5 Å². The van der Waals surface area contributed by atoms with Gasteiger partial charge in [-0.15, -0.1) is 0 Å². The normalized spacial score (nSPS) is 15.3. The van der Waals surface area contributed by atoms with E-state index in [1.165, 1.54) is 16.4 Å². The van der Waals surface area contributed by atoms with Gasteiger partial charge in [0.1, 0.15) is 0 Å². The first kappa shape index (κ1) is 22.2. The fourth-order valence-corrected chi connectivity index (χ4v) is 5.11. The average Bonchev–Trinajstić information content (AvgIpc) is 2.68. The number of nitrogens with zero attached hydrogens (tertiary/aromatic N) is 2. The minimum absolute atomic E-state index is 0.00533. The van der Waals surface area contributed by atoms with Crippen LogP contribution in [-0.4, -0.2) is 57.1 Å². The van der Waals surface area contributed by atoms with Crippen molar-refractivity contribution < 1.29 is 13.2 Å². The highest BCUT2D eigenvalue weighted by Gasteiger charge is 2.27. The van der Waals surface area contributed by atoms with Crippen molar-refractivity contribution in [2.75, 3.05) is 43.4 Å². The van der Waals surface area contributed by atoms with Crippen molar-refractivity contribution in [3.05, 3.63) is 63.1 Å². The topological polar surface area (TPSA) is 69.7 Å². The number of piperazine rings is 1. The Balaban J connectivity index is 1.51. The minimum Gasteiger partial charge on any atom is -0.369 e. The maximum absolute atomic E-state index is 12.6. The predicted octanol–water partition coefficient (Wildman–Crippen LogP) is 3.53. The Morgan fingerprint density at radius 1 is 0.966 bits per heavy atom. The van der Waals surface area contributed by atoms with Crippen LogP contribution in [0, 0.1) is 0 Å². The average molecular weight is 477 g/mol. The summed E-state index contributed by atoms with van der Waals surface area (Å²) in [4.78, 5) is 14.3. The fraction of sp³-hybridized carbons (Fsp3) is 0.316. The molecule has 10 heteroatoms. The third-order valence-electron chi connectivity index (χ3n) is 4.63. The summed E-state index contributed by atoms with van der Waals surface area (Å²) in [6.45, 7) is 1.91. The Morgan fingerprint density at radius 3 is 2.31 bits per heavy atom. The highest BCUT2D eigenvalue weighted by Crippen LogP contribution is 2.22. The minimum atomic E-state index is -3.48. The molecule has 29 heavy (non-hydrogen) atoms. The first-order valence-electron chi connectivity index (χ1n) is 8.98. The zero-order chi connectivity index (χ0) is 21.0. The summed E-state index contributed by atoms with van der Waals surface area (Å²) in [5.41, 5.74) is 1.23. The Morgan fingerprint density at radius 2 is 1.66 bits per heavy atom. The number of hydrogen-bond donors (Lipinski definition) is 1. The second kappa shape index (κ2) is 9.53. The van der Waals surface area contributed by atoms with Crippen LogP contribution in [0.1, 0.15) is 10.4 Å². The van der Waals surface area contributed by atoms with Crippen LogP contribution in [0.4, 0.5) is 5.69 Å². The maximum atomic E-state index is 12.6. The Hall–Kier alpha value is -1.51. The zero-order valence-electron chi connectivity index (χ0n) is 15.4. The van der Waals surface area contributed by atoms with E-state index in [4.69, 9.17) is 34.8 Å². The second-order valence-electron chi connectivity index (χ2n) is 6.56. The number of halogens is 3. The molecule has 1 fully saturated rings. The van der Waals surface area contributed by atoms with Gasteiger partial charge in [0.15, 0.2) is 0 Å².